The van der Waals surface area contributed by atoms with Gasteiger partial charge in [0, 0.05) is 24.3 Å². The van der Waals surface area contributed by atoms with Crippen LogP contribution in [0.3, 0.4) is 0 Å². The van der Waals surface area contributed by atoms with Crippen LogP contribution in [0.5, 0.6) is 0 Å². The Morgan fingerprint density at radius 2 is 1.95 bits per heavy atom. The summed E-state index contributed by atoms with van der Waals surface area (Å²) >= 11 is 5.91. The summed E-state index contributed by atoms with van der Waals surface area (Å²) in [6.07, 6.45) is 3.60. The number of ether oxygens (including phenoxy) is 1. The highest BCUT2D eigenvalue weighted by atomic mass is 35.5. The van der Waals surface area contributed by atoms with Gasteiger partial charge >= 0.3 is 0 Å². The van der Waals surface area contributed by atoms with Crippen LogP contribution < -0.4 is 5.32 Å². The third kappa shape index (κ3) is 5.08. The Kier molecular flexibility index (Phi) is 6.34. The van der Waals surface area contributed by atoms with Gasteiger partial charge in [-0.2, -0.15) is 0 Å². The molecule has 0 unspecified atom stereocenters. The summed E-state index contributed by atoms with van der Waals surface area (Å²) in [4.78, 5) is 0. The number of nitrogens with one attached hydrogen (secondary N) is 1. The lowest BCUT2D eigenvalue weighted by molar-refractivity contribution is 0.106. The number of hydrogen-bond acceptors (Lipinski definition) is 2. The van der Waals surface area contributed by atoms with Crippen molar-refractivity contribution in [2.24, 2.45) is 5.92 Å². The smallest absolute Gasteiger partial charge is 0.0489 e. The molecule has 1 N–H and O–H groups in total. The van der Waals surface area contributed by atoms with Crippen LogP contribution in [-0.4, -0.2) is 25.8 Å². The highest BCUT2D eigenvalue weighted by molar-refractivity contribution is 6.30. The molecular weight excluding hydrogens is 270 g/mol. The zero-order valence-electron chi connectivity index (χ0n) is 12.6. The lowest BCUT2D eigenvalue weighted by Crippen LogP contribution is -2.40. The number of benzene rings is 1. The molecule has 1 aliphatic rings. The summed E-state index contributed by atoms with van der Waals surface area (Å²) in [5, 5.41) is 4.44. The second-order valence-electron chi connectivity index (χ2n) is 6.19. The van der Waals surface area contributed by atoms with E-state index in [1.165, 1.54) is 18.4 Å². The number of hydrogen-bond donors (Lipinski definition) is 1. The quantitative estimate of drug-likeness (QED) is 0.724. The van der Waals surface area contributed by atoms with Gasteiger partial charge in [0.1, 0.15) is 0 Å². The van der Waals surface area contributed by atoms with Crippen molar-refractivity contribution >= 4 is 11.6 Å². The van der Waals surface area contributed by atoms with Gasteiger partial charge in [-0.1, -0.05) is 37.6 Å². The lowest BCUT2D eigenvalue weighted by atomic mass is 9.76. The van der Waals surface area contributed by atoms with E-state index in [4.69, 9.17) is 16.3 Å². The first kappa shape index (κ1) is 15.8. The monoisotopic (exact) mass is 295 g/mol. The molecule has 2 nitrogen and oxygen atoms in total. The van der Waals surface area contributed by atoms with Crippen molar-refractivity contribution < 1.29 is 4.74 Å². The summed E-state index contributed by atoms with van der Waals surface area (Å²) in [5.41, 5.74) is 1.42. The molecule has 0 aromatic heterocycles. The third-order valence-corrected chi connectivity index (χ3v) is 4.08. The average molecular weight is 296 g/mol. The summed E-state index contributed by atoms with van der Waals surface area (Å²) in [6, 6.07) is 8.97. The molecule has 0 amide bonds. The molecule has 0 radical (unpaired) electrons. The lowest BCUT2D eigenvalue weighted by Gasteiger charge is -2.36. The first-order valence-corrected chi connectivity index (χ1v) is 8.09. The van der Waals surface area contributed by atoms with Gasteiger partial charge in [-0.15, -0.1) is 0 Å². The Bertz CT molecular complexity index is 384. The molecule has 1 fully saturated rings. The zero-order valence-corrected chi connectivity index (χ0v) is 13.3. The van der Waals surface area contributed by atoms with Crippen molar-refractivity contribution in [3.63, 3.8) is 0 Å². The van der Waals surface area contributed by atoms with Gasteiger partial charge in [-0.05, 0) is 55.3 Å². The summed E-state index contributed by atoms with van der Waals surface area (Å²) in [6.45, 7) is 7.18. The Balaban J connectivity index is 1.52. The summed E-state index contributed by atoms with van der Waals surface area (Å²) in [7, 11) is 0. The minimum Gasteiger partial charge on any atom is -0.381 e. The molecule has 2 rings (SSSR count). The van der Waals surface area contributed by atoms with Gasteiger partial charge in [-0.3, -0.25) is 0 Å². The Morgan fingerprint density at radius 3 is 2.60 bits per heavy atom. The maximum absolute atomic E-state index is 5.91. The van der Waals surface area contributed by atoms with Crippen LogP contribution in [-0.2, 0) is 4.74 Å². The van der Waals surface area contributed by atoms with Gasteiger partial charge in [0.15, 0.2) is 0 Å². The van der Waals surface area contributed by atoms with E-state index in [1.54, 1.807) is 0 Å². The van der Waals surface area contributed by atoms with Crippen LogP contribution in [0.1, 0.15) is 44.6 Å². The van der Waals surface area contributed by atoms with Gasteiger partial charge in [0.05, 0.1) is 0 Å². The predicted molar refractivity (Wildman–Crippen MR) is 85.5 cm³/mol. The van der Waals surface area contributed by atoms with E-state index in [1.807, 2.05) is 12.1 Å². The van der Waals surface area contributed by atoms with E-state index in [9.17, 15) is 0 Å². The van der Waals surface area contributed by atoms with Gasteiger partial charge in [0.25, 0.3) is 0 Å². The number of rotatable bonds is 8. The van der Waals surface area contributed by atoms with E-state index >= 15 is 0 Å². The molecule has 1 saturated carbocycles. The maximum Gasteiger partial charge on any atom is 0.0489 e. The maximum atomic E-state index is 5.91. The normalized spacial score (nSPS) is 22.0. The molecule has 1 aromatic carbocycles. The molecule has 0 heterocycles. The Labute approximate surface area is 127 Å². The van der Waals surface area contributed by atoms with Crippen LogP contribution in [0.2, 0.25) is 5.02 Å². The fourth-order valence-corrected chi connectivity index (χ4v) is 2.72. The third-order valence-electron chi connectivity index (χ3n) is 3.83. The predicted octanol–water partition coefficient (Wildman–Crippen LogP) is 4.24. The van der Waals surface area contributed by atoms with Crippen LogP contribution in [0.15, 0.2) is 24.3 Å². The van der Waals surface area contributed by atoms with Gasteiger partial charge in [0.2, 0.25) is 0 Å². The highest BCUT2D eigenvalue weighted by Crippen LogP contribution is 2.37. The van der Waals surface area contributed by atoms with Crippen molar-refractivity contribution in [3.8, 4) is 0 Å². The Hall–Kier alpha value is -0.570. The summed E-state index contributed by atoms with van der Waals surface area (Å²) in [5.74, 6) is 1.34. The molecule has 20 heavy (non-hydrogen) atoms. The van der Waals surface area contributed by atoms with Gasteiger partial charge in [-0.25, -0.2) is 0 Å². The van der Waals surface area contributed by atoms with E-state index in [2.05, 4.69) is 31.3 Å². The molecule has 0 bridgehead atoms. The van der Waals surface area contributed by atoms with Crippen LogP contribution >= 0.6 is 11.6 Å². The van der Waals surface area contributed by atoms with Crippen LogP contribution in [0.25, 0.3) is 0 Å². The molecule has 1 aromatic rings. The van der Waals surface area contributed by atoms with Crippen molar-refractivity contribution in [1.82, 2.24) is 5.32 Å². The first-order chi connectivity index (χ1) is 9.65. The summed E-state index contributed by atoms with van der Waals surface area (Å²) < 4.78 is 5.58. The second kappa shape index (κ2) is 8.02. The fourth-order valence-electron chi connectivity index (χ4n) is 2.59. The van der Waals surface area contributed by atoms with E-state index in [0.29, 0.717) is 17.9 Å². The van der Waals surface area contributed by atoms with Crippen molar-refractivity contribution in [1.29, 1.82) is 0 Å². The SMILES string of the molecule is CC(C)COCCCNC1CC(c2ccc(Cl)cc2)C1. The number of halogens is 1. The molecule has 0 atom stereocenters. The molecule has 1 aliphatic carbocycles. The molecule has 112 valence electrons. The largest absolute Gasteiger partial charge is 0.381 e. The minimum atomic E-state index is 0.634. The van der Waals surface area contributed by atoms with E-state index in [-0.39, 0.29) is 0 Å². The Morgan fingerprint density at radius 1 is 1.25 bits per heavy atom. The minimum absolute atomic E-state index is 0.634. The average Bonchev–Trinajstić information content (AvgIpc) is 2.37. The first-order valence-electron chi connectivity index (χ1n) is 7.71. The second-order valence-corrected chi connectivity index (χ2v) is 6.63. The molecule has 0 saturated heterocycles. The molecular formula is C17H26ClNO. The van der Waals surface area contributed by atoms with Crippen LogP contribution in [0, 0.1) is 5.92 Å². The van der Waals surface area contributed by atoms with E-state index in [0.717, 1.165) is 31.2 Å². The van der Waals surface area contributed by atoms with E-state index < -0.39 is 0 Å². The van der Waals surface area contributed by atoms with Gasteiger partial charge < -0.3 is 10.1 Å². The van der Waals surface area contributed by atoms with Crippen molar-refractivity contribution in [3.05, 3.63) is 34.9 Å². The molecule has 0 spiro atoms. The molecule has 0 aliphatic heterocycles. The van der Waals surface area contributed by atoms with Crippen LogP contribution in [0.4, 0.5) is 0 Å². The zero-order chi connectivity index (χ0) is 14.4. The van der Waals surface area contributed by atoms with Crippen molar-refractivity contribution in [2.45, 2.75) is 45.1 Å². The highest BCUT2D eigenvalue weighted by Gasteiger charge is 2.29. The topological polar surface area (TPSA) is 21.3 Å². The standard InChI is InChI=1S/C17H26ClNO/c1-13(2)12-20-9-3-8-19-17-10-15(11-17)14-4-6-16(18)7-5-14/h4-7,13,15,17,19H,3,8-12H2,1-2H3. The van der Waals surface area contributed by atoms with Crippen molar-refractivity contribution in [2.75, 3.05) is 19.8 Å². The fraction of sp³-hybridized carbons (Fsp3) is 0.647. The molecule has 3 heteroatoms.